The SMILES string of the molecule is O=C(O)Cn1cc(NC(=O)c2nccc(-c3cccnc3)n2)ccc1=O. The Bertz CT molecular complexity index is 1020. The van der Waals surface area contributed by atoms with Crippen molar-refractivity contribution in [2.75, 3.05) is 5.32 Å². The van der Waals surface area contributed by atoms with E-state index in [1.165, 1.54) is 24.5 Å². The number of carboxylic acids is 1. The molecule has 0 atom stereocenters. The fourth-order valence-corrected chi connectivity index (χ4v) is 2.20. The molecule has 2 N–H and O–H groups in total. The molecule has 1 amide bonds. The standard InChI is InChI=1S/C17H13N5O4/c23-14-4-3-12(9-22(14)10-15(24)25)20-17(26)16-19-7-5-13(21-16)11-2-1-6-18-8-11/h1-9H,10H2,(H,20,26)(H,24,25). The predicted molar refractivity (Wildman–Crippen MR) is 91.6 cm³/mol. The number of hydrogen-bond donors (Lipinski definition) is 2. The van der Waals surface area contributed by atoms with E-state index in [-0.39, 0.29) is 11.5 Å². The number of rotatable bonds is 5. The minimum Gasteiger partial charge on any atom is -0.480 e. The number of nitrogens with zero attached hydrogens (tertiary/aromatic N) is 4. The summed E-state index contributed by atoms with van der Waals surface area (Å²) in [5.41, 5.74) is 1.04. The van der Waals surface area contributed by atoms with Gasteiger partial charge in [0.1, 0.15) is 6.54 Å². The Labute approximate surface area is 147 Å². The van der Waals surface area contributed by atoms with Crippen LogP contribution < -0.4 is 10.9 Å². The lowest BCUT2D eigenvalue weighted by Crippen LogP contribution is -2.24. The van der Waals surface area contributed by atoms with Crippen LogP contribution in [0, 0.1) is 0 Å². The van der Waals surface area contributed by atoms with Crippen LogP contribution in [0.1, 0.15) is 10.6 Å². The molecule has 3 aromatic heterocycles. The Kier molecular flexibility index (Phi) is 4.79. The van der Waals surface area contributed by atoms with Gasteiger partial charge in [0.15, 0.2) is 0 Å². The van der Waals surface area contributed by atoms with Gasteiger partial charge in [-0.2, -0.15) is 0 Å². The van der Waals surface area contributed by atoms with Crippen molar-refractivity contribution in [2.24, 2.45) is 0 Å². The Morgan fingerprint density at radius 2 is 2.00 bits per heavy atom. The topological polar surface area (TPSA) is 127 Å². The van der Waals surface area contributed by atoms with Crippen LogP contribution >= 0.6 is 0 Å². The molecule has 26 heavy (non-hydrogen) atoms. The second-order valence-corrected chi connectivity index (χ2v) is 5.24. The molecule has 130 valence electrons. The minimum absolute atomic E-state index is 0.0673. The molecule has 9 heteroatoms. The van der Waals surface area contributed by atoms with Gasteiger partial charge in [0.2, 0.25) is 5.82 Å². The molecular formula is C17H13N5O4. The molecule has 0 aliphatic heterocycles. The lowest BCUT2D eigenvalue weighted by molar-refractivity contribution is -0.137. The first-order valence-corrected chi connectivity index (χ1v) is 7.50. The number of carbonyl (C=O) groups excluding carboxylic acids is 1. The van der Waals surface area contributed by atoms with E-state index in [1.807, 2.05) is 0 Å². The van der Waals surface area contributed by atoms with Crippen LogP contribution in [0.4, 0.5) is 5.69 Å². The zero-order chi connectivity index (χ0) is 18.5. The lowest BCUT2D eigenvalue weighted by Gasteiger charge is -2.08. The van der Waals surface area contributed by atoms with E-state index < -0.39 is 24.0 Å². The zero-order valence-corrected chi connectivity index (χ0v) is 13.4. The van der Waals surface area contributed by atoms with Gasteiger partial charge in [0.25, 0.3) is 11.5 Å². The average molecular weight is 351 g/mol. The smallest absolute Gasteiger partial charge is 0.323 e. The number of anilines is 1. The van der Waals surface area contributed by atoms with E-state index in [2.05, 4.69) is 20.3 Å². The summed E-state index contributed by atoms with van der Waals surface area (Å²) >= 11 is 0. The number of carbonyl (C=O) groups is 2. The van der Waals surface area contributed by atoms with Crippen molar-refractivity contribution in [3.8, 4) is 11.3 Å². The van der Waals surface area contributed by atoms with Gasteiger partial charge < -0.3 is 15.0 Å². The summed E-state index contributed by atoms with van der Waals surface area (Å²) in [7, 11) is 0. The number of nitrogens with one attached hydrogen (secondary N) is 1. The van der Waals surface area contributed by atoms with E-state index >= 15 is 0 Å². The summed E-state index contributed by atoms with van der Waals surface area (Å²) < 4.78 is 0.977. The quantitative estimate of drug-likeness (QED) is 0.703. The van der Waals surface area contributed by atoms with Crippen LogP contribution in [0.3, 0.4) is 0 Å². The molecule has 0 aliphatic carbocycles. The predicted octanol–water partition coefficient (Wildman–Crippen LogP) is 1.04. The van der Waals surface area contributed by atoms with E-state index in [4.69, 9.17) is 5.11 Å². The highest BCUT2D eigenvalue weighted by molar-refractivity contribution is 6.01. The molecule has 0 unspecified atom stereocenters. The van der Waals surface area contributed by atoms with Gasteiger partial charge in [-0.1, -0.05) is 0 Å². The van der Waals surface area contributed by atoms with E-state index in [0.717, 1.165) is 10.1 Å². The Hall–Kier alpha value is -3.88. The Morgan fingerprint density at radius 3 is 2.73 bits per heavy atom. The van der Waals surface area contributed by atoms with Crippen LogP contribution in [0.25, 0.3) is 11.3 Å². The highest BCUT2D eigenvalue weighted by Crippen LogP contribution is 2.15. The van der Waals surface area contributed by atoms with Crippen LogP contribution in [-0.2, 0) is 11.3 Å². The summed E-state index contributed by atoms with van der Waals surface area (Å²) in [6, 6.07) is 7.76. The molecule has 0 saturated carbocycles. The van der Waals surface area contributed by atoms with Crippen molar-refractivity contribution in [1.29, 1.82) is 0 Å². The molecule has 0 saturated heterocycles. The van der Waals surface area contributed by atoms with E-state index in [1.54, 1.807) is 30.6 Å². The van der Waals surface area contributed by atoms with E-state index in [9.17, 15) is 14.4 Å². The van der Waals surface area contributed by atoms with Gasteiger partial charge in [-0.15, -0.1) is 0 Å². The zero-order valence-electron chi connectivity index (χ0n) is 13.4. The number of pyridine rings is 2. The highest BCUT2D eigenvalue weighted by atomic mass is 16.4. The molecule has 0 radical (unpaired) electrons. The highest BCUT2D eigenvalue weighted by Gasteiger charge is 2.12. The maximum Gasteiger partial charge on any atom is 0.323 e. The lowest BCUT2D eigenvalue weighted by atomic mass is 10.2. The molecule has 0 bridgehead atoms. The van der Waals surface area contributed by atoms with Crippen LogP contribution in [0.15, 0.2) is 59.9 Å². The van der Waals surface area contributed by atoms with Crippen LogP contribution in [0.2, 0.25) is 0 Å². The third kappa shape index (κ3) is 3.96. The second kappa shape index (κ2) is 7.34. The summed E-state index contributed by atoms with van der Waals surface area (Å²) in [4.78, 5) is 46.9. The van der Waals surface area contributed by atoms with Crippen molar-refractivity contribution in [2.45, 2.75) is 6.54 Å². The van der Waals surface area contributed by atoms with Crippen molar-refractivity contribution >= 4 is 17.6 Å². The number of amides is 1. The monoisotopic (exact) mass is 351 g/mol. The largest absolute Gasteiger partial charge is 0.480 e. The Morgan fingerprint density at radius 1 is 1.15 bits per heavy atom. The average Bonchev–Trinajstić information content (AvgIpc) is 2.65. The maximum atomic E-state index is 12.4. The second-order valence-electron chi connectivity index (χ2n) is 5.24. The molecule has 3 heterocycles. The number of aliphatic carboxylic acids is 1. The first kappa shape index (κ1) is 17.0. The normalized spacial score (nSPS) is 10.3. The number of aromatic nitrogens is 4. The first-order valence-electron chi connectivity index (χ1n) is 7.50. The first-order chi connectivity index (χ1) is 12.5. The molecule has 0 fully saturated rings. The molecule has 0 spiro atoms. The molecule has 9 nitrogen and oxygen atoms in total. The van der Waals surface area contributed by atoms with Gasteiger partial charge >= 0.3 is 5.97 Å². The fraction of sp³-hybridized carbons (Fsp3) is 0.0588. The number of hydrogen-bond acceptors (Lipinski definition) is 6. The van der Waals surface area contributed by atoms with Crippen molar-refractivity contribution in [3.05, 3.63) is 71.3 Å². The van der Waals surface area contributed by atoms with Crippen molar-refractivity contribution < 1.29 is 14.7 Å². The molecule has 0 aliphatic rings. The molecule has 3 aromatic rings. The van der Waals surface area contributed by atoms with Gasteiger partial charge in [0.05, 0.1) is 11.4 Å². The molecular weight excluding hydrogens is 338 g/mol. The van der Waals surface area contributed by atoms with Crippen molar-refractivity contribution in [1.82, 2.24) is 19.5 Å². The van der Waals surface area contributed by atoms with E-state index in [0.29, 0.717) is 5.69 Å². The van der Waals surface area contributed by atoms with Gasteiger partial charge in [-0.05, 0) is 24.3 Å². The third-order valence-electron chi connectivity index (χ3n) is 3.36. The minimum atomic E-state index is -1.16. The van der Waals surface area contributed by atoms with Gasteiger partial charge in [-0.3, -0.25) is 19.4 Å². The summed E-state index contributed by atoms with van der Waals surface area (Å²) in [5.74, 6) is -1.82. The summed E-state index contributed by atoms with van der Waals surface area (Å²) in [6.07, 6.45) is 5.95. The van der Waals surface area contributed by atoms with Gasteiger partial charge in [-0.25, -0.2) is 9.97 Å². The van der Waals surface area contributed by atoms with Crippen LogP contribution in [0.5, 0.6) is 0 Å². The summed E-state index contributed by atoms with van der Waals surface area (Å²) in [6.45, 7) is -0.504. The third-order valence-corrected chi connectivity index (χ3v) is 3.36. The Balaban J connectivity index is 1.83. The fourth-order valence-electron chi connectivity index (χ4n) is 2.20. The molecule has 0 aromatic carbocycles. The van der Waals surface area contributed by atoms with Gasteiger partial charge in [0, 0.05) is 36.4 Å². The van der Waals surface area contributed by atoms with Crippen molar-refractivity contribution in [3.63, 3.8) is 0 Å². The van der Waals surface area contributed by atoms with Crippen LogP contribution in [-0.4, -0.2) is 36.5 Å². The summed E-state index contributed by atoms with van der Waals surface area (Å²) in [5, 5.41) is 11.4. The molecule has 3 rings (SSSR count). The number of carboxylic acid groups (broad SMARTS) is 1. The maximum absolute atomic E-state index is 12.4.